The third-order valence-electron chi connectivity index (χ3n) is 5.32. The van der Waals surface area contributed by atoms with Crippen LogP contribution in [0.15, 0.2) is 34.7 Å². The molecule has 0 radical (unpaired) electrons. The Morgan fingerprint density at radius 1 is 1.12 bits per heavy atom. The summed E-state index contributed by atoms with van der Waals surface area (Å²) in [5.74, 6) is -0.472. The summed E-state index contributed by atoms with van der Waals surface area (Å²) in [5, 5.41) is 0.953. The highest BCUT2D eigenvalue weighted by Gasteiger charge is 2.47. The number of furan rings is 1. The number of amides is 2. The lowest BCUT2D eigenvalue weighted by Gasteiger charge is -2.19. The van der Waals surface area contributed by atoms with E-state index < -0.39 is 5.97 Å². The standard InChI is InChI=1S/C20H21NO5/c22-18(25-12-14-11-13-5-1-4-8-17(13)26-14)9-10-21-19(23)15-6-2-3-7-16(15)20(21)24/h1,4-5,8,11,15-16H,2-3,6-7,9-10,12H2. The van der Waals surface area contributed by atoms with Crippen molar-refractivity contribution in [3.05, 3.63) is 36.1 Å². The third kappa shape index (κ3) is 3.11. The van der Waals surface area contributed by atoms with Gasteiger partial charge >= 0.3 is 5.97 Å². The van der Waals surface area contributed by atoms with Crippen LogP contribution >= 0.6 is 0 Å². The van der Waals surface area contributed by atoms with Gasteiger partial charge in [-0.2, -0.15) is 0 Å². The van der Waals surface area contributed by atoms with Gasteiger partial charge in [0, 0.05) is 11.9 Å². The van der Waals surface area contributed by atoms with Crippen LogP contribution in [0.1, 0.15) is 37.9 Å². The smallest absolute Gasteiger partial charge is 0.308 e. The van der Waals surface area contributed by atoms with E-state index in [1.54, 1.807) is 0 Å². The summed E-state index contributed by atoms with van der Waals surface area (Å²) in [7, 11) is 0. The lowest BCUT2D eigenvalue weighted by Crippen LogP contribution is -2.33. The second kappa shape index (κ2) is 6.94. The molecule has 1 aliphatic carbocycles. The monoisotopic (exact) mass is 355 g/mol. The number of hydrogen-bond acceptors (Lipinski definition) is 5. The van der Waals surface area contributed by atoms with Crippen molar-refractivity contribution >= 4 is 28.8 Å². The third-order valence-corrected chi connectivity index (χ3v) is 5.32. The number of benzene rings is 1. The molecule has 1 aromatic heterocycles. The van der Waals surface area contributed by atoms with Crippen molar-refractivity contribution in [3.8, 4) is 0 Å². The average Bonchev–Trinajstić information content (AvgIpc) is 3.18. The summed E-state index contributed by atoms with van der Waals surface area (Å²) in [5.41, 5.74) is 0.745. The van der Waals surface area contributed by atoms with Gasteiger partial charge in [0.25, 0.3) is 0 Å². The molecule has 2 heterocycles. The molecule has 2 atom stereocenters. The van der Waals surface area contributed by atoms with Crippen LogP contribution in [0.3, 0.4) is 0 Å². The van der Waals surface area contributed by atoms with Crippen LogP contribution in [-0.4, -0.2) is 29.2 Å². The van der Waals surface area contributed by atoms with Crippen LogP contribution < -0.4 is 0 Å². The van der Waals surface area contributed by atoms with Crippen LogP contribution in [0.25, 0.3) is 11.0 Å². The van der Waals surface area contributed by atoms with Crippen molar-refractivity contribution < 1.29 is 23.5 Å². The van der Waals surface area contributed by atoms with Crippen LogP contribution in [0.5, 0.6) is 0 Å². The summed E-state index contributed by atoms with van der Waals surface area (Å²) in [6.07, 6.45) is 3.56. The molecule has 2 unspecified atom stereocenters. The van der Waals surface area contributed by atoms with Crippen molar-refractivity contribution in [2.45, 2.75) is 38.7 Å². The molecule has 0 spiro atoms. The largest absolute Gasteiger partial charge is 0.457 e. The van der Waals surface area contributed by atoms with E-state index in [0.717, 1.165) is 36.7 Å². The van der Waals surface area contributed by atoms with E-state index in [9.17, 15) is 14.4 Å². The van der Waals surface area contributed by atoms with Gasteiger partial charge in [0.15, 0.2) is 0 Å². The first-order valence-corrected chi connectivity index (χ1v) is 9.12. The number of likely N-dealkylation sites (tertiary alicyclic amines) is 1. The van der Waals surface area contributed by atoms with Gasteiger partial charge in [-0.1, -0.05) is 31.0 Å². The second-order valence-corrected chi connectivity index (χ2v) is 6.99. The van der Waals surface area contributed by atoms with Crippen molar-refractivity contribution in [2.75, 3.05) is 6.54 Å². The fourth-order valence-corrected chi connectivity index (χ4v) is 3.99. The summed E-state index contributed by atoms with van der Waals surface area (Å²) < 4.78 is 10.8. The predicted molar refractivity (Wildman–Crippen MR) is 92.8 cm³/mol. The topological polar surface area (TPSA) is 76.8 Å². The van der Waals surface area contributed by atoms with E-state index in [2.05, 4.69) is 0 Å². The Bertz CT molecular complexity index is 798. The lowest BCUT2D eigenvalue weighted by atomic mass is 9.81. The first-order valence-electron chi connectivity index (χ1n) is 9.12. The van der Waals surface area contributed by atoms with Gasteiger partial charge in [-0.05, 0) is 25.0 Å². The Kier molecular flexibility index (Phi) is 4.49. The van der Waals surface area contributed by atoms with Gasteiger partial charge in [-0.15, -0.1) is 0 Å². The zero-order chi connectivity index (χ0) is 18.1. The molecule has 2 fully saturated rings. The van der Waals surface area contributed by atoms with Gasteiger partial charge in [0.05, 0.1) is 18.3 Å². The van der Waals surface area contributed by atoms with E-state index in [4.69, 9.17) is 9.15 Å². The number of hydrogen-bond donors (Lipinski definition) is 0. The molecule has 4 rings (SSSR count). The number of fused-ring (bicyclic) bond motifs is 2. The number of carbonyl (C=O) groups is 3. The highest BCUT2D eigenvalue weighted by molar-refractivity contribution is 6.05. The number of nitrogens with zero attached hydrogens (tertiary/aromatic N) is 1. The molecule has 1 aliphatic heterocycles. The summed E-state index contributed by atoms with van der Waals surface area (Å²) in [6, 6.07) is 9.40. The summed E-state index contributed by atoms with van der Waals surface area (Å²) in [6.45, 7) is 0.143. The fraction of sp³-hybridized carbons (Fsp3) is 0.450. The minimum Gasteiger partial charge on any atom is -0.457 e. The number of para-hydroxylation sites is 1. The summed E-state index contributed by atoms with van der Waals surface area (Å²) in [4.78, 5) is 38.0. The lowest BCUT2D eigenvalue weighted by molar-refractivity contribution is -0.147. The number of rotatable bonds is 5. The average molecular weight is 355 g/mol. The number of imide groups is 1. The molecule has 26 heavy (non-hydrogen) atoms. The second-order valence-electron chi connectivity index (χ2n) is 6.99. The van der Waals surface area contributed by atoms with E-state index in [0.29, 0.717) is 5.76 Å². The van der Waals surface area contributed by atoms with Gasteiger partial charge in [0.2, 0.25) is 11.8 Å². The predicted octanol–water partition coefficient (Wildman–Crippen LogP) is 3.04. The Morgan fingerprint density at radius 2 is 1.81 bits per heavy atom. The quantitative estimate of drug-likeness (QED) is 0.609. The molecule has 1 saturated carbocycles. The van der Waals surface area contributed by atoms with E-state index in [1.807, 2.05) is 30.3 Å². The van der Waals surface area contributed by atoms with E-state index in [-0.39, 0.29) is 43.2 Å². The number of esters is 1. The minimum absolute atomic E-state index is 0.0111. The number of carbonyl (C=O) groups excluding carboxylic acids is 3. The molecule has 2 aliphatic rings. The van der Waals surface area contributed by atoms with Crippen molar-refractivity contribution in [3.63, 3.8) is 0 Å². The molecule has 0 bridgehead atoms. The maximum absolute atomic E-state index is 12.4. The highest BCUT2D eigenvalue weighted by Crippen LogP contribution is 2.38. The van der Waals surface area contributed by atoms with Crippen molar-refractivity contribution in [1.29, 1.82) is 0 Å². The maximum atomic E-state index is 12.4. The number of ether oxygens (including phenoxy) is 1. The normalized spacial score (nSPS) is 22.7. The van der Waals surface area contributed by atoms with Gasteiger partial charge < -0.3 is 9.15 Å². The molecular formula is C20H21NO5. The highest BCUT2D eigenvalue weighted by atomic mass is 16.5. The van der Waals surface area contributed by atoms with Crippen LogP contribution in [0.4, 0.5) is 0 Å². The SMILES string of the molecule is O=C(CCN1C(=O)C2CCCCC2C1=O)OCc1cc2ccccc2o1. The summed E-state index contributed by atoms with van der Waals surface area (Å²) >= 11 is 0. The van der Waals surface area contributed by atoms with Crippen LogP contribution in [0, 0.1) is 11.8 Å². The first-order chi connectivity index (χ1) is 12.6. The molecule has 6 nitrogen and oxygen atoms in total. The molecule has 2 amide bonds. The van der Waals surface area contributed by atoms with E-state index >= 15 is 0 Å². The Balaban J connectivity index is 1.30. The van der Waals surface area contributed by atoms with E-state index in [1.165, 1.54) is 4.90 Å². The Labute approximate surface area is 151 Å². The molecular weight excluding hydrogens is 334 g/mol. The zero-order valence-electron chi connectivity index (χ0n) is 14.5. The molecule has 2 aromatic rings. The molecule has 0 N–H and O–H groups in total. The van der Waals surface area contributed by atoms with Gasteiger partial charge in [0.1, 0.15) is 18.0 Å². The van der Waals surface area contributed by atoms with Crippen LogP contribution in [0.2, 0.25) is 0 Å². The molecule has 136 valence electrons. The maximum Gasteiger partial charge on any atom is 0.308 e. The molecule has 1 saturated heterocycles. The Morgan fingerprint density at radius 3 is 2.50 bits per heavy atom. The van der Waals surface area contributed by atoms with Crippen molar-refractivity contribution in [2.24, 2.45) is 11.8 Å². The first kappa shape index (κ1) is 16.8. The fourth-order valence-electron chi connectivity index (χ4n) is 3.99. The van der Waals surface area contributed by atoms with Crippen LogP contribution in [-0.2, 0) is 25.7 Å². The minimum atomic E-state index is -0.444. The van der Waals surface area contributed by atoms with Crippen molar-refractivity contribution in [1.82, 2.24) is 4.90 Å². The Hall–Kier alpha value is -2.63. The molecule has 6 heteroatoms. The zero-order valence-corrected chi connectivity index (χ0v) is 14.5. The van der Waals surface area contributed by atoms with Gasteiger partial charge in [-0.3, -0.25) is 19.3 Å². The molecule has 1 aromatic carbocycles. The van der Waals surface area contributed by atoms with Gasteiger partial charge in [-0.25, -0.2) is 0 Å².